The van der Waals surface area contributed by atoms with Crippen LogP contribution in [0.3, 0.4) is 0 Å². The van der Waals surface area contributed by atoms with Crippen LogP contribution in [0.5, 0.6) is 11.5 Å². The summed E-state index contributed by atoms with van der Waals surface area (Å²) in [7, 11) is 1.68. The SMILES string of the molecule is CCCCCOc1ccc(CCC(C)N)cc1OC. The zero-order chi connectivity index (χ0) is 14.1. The van der Waals surface area contributed by atoms with E-state index in [0.717, 1.165) is 37.4 Å². The van der Waals surface area contributed by atoms with Gasteiger partial charge in [0.15, 0.2) is 11.5 Å². The Morgan fingerprint density at radius 2 is 2.00 bits per heavy atom. The summed E-state index contributed by atoms with van der Waals surface area (Å²) < 4.78 is 11.2. The van der Waals surface area contributed by atoms with Gasteiger partial charge in [-0.2, -0.15) is 0 Å². The molecule has 2 N–H and O–H groups in total. The topological polar surface area (TPSA) is 44.5 Å². The van der Waals surface area contributed by atoms with Crippen LogP contribution < -0.4 is 15.2 Å². The van der Waals surface area contributed by atoms with E-state index in [1.165, 1.54) is 18.4 Å². The minimum atomic E-state index is 0.232. The monoisotopic (exact) mass is 265 g/mol. The molecule has 19 heavy (non-hydrogen) atoms. The lowest BCUT2D eigenvalue weighted by atomic mass is 10.1. The maximum Gasteiger partial charge on any atom is 0.161 e. The average Bonchev–Trinajstić information content (AvgIpc) is 2.42. The molecule has 0 radical (unpaired) electrons. The molecule has 0 amide bonds. The quantitative estimate of drug-likeness (QED) is 0.694. The van der Waals surface area contributed by atoms with Crippen molar-refractivity contribution in [2.45, 2.75) is 52.0 Å². The first kappa shape index (κ1) is 15.8. The lowest BCUT2D eigenvalue weighted by molar-refractivity contribution is 0.286. The average molecular weight is 265 g/mol. The van der Waals surface area contributed by atoms with Crippen molar-refractivity contribution in [1.29, 1.82) is 0 Å². The van der Waals surface area contributed by atoms with Crippen LogP contribution in [0.4, 0.5) is 0 Å². The van der Waals surface area contributed by atoms with Crippen molar-refractivity contribution < 1.29 is 9.47 Å². The number of aryl methyl sites for hydroxylation is 1. The second-order valence-electron chi connectivity index (χ2n) is 5.06. The molecule has 0 spiro atoms. The minimum absolute atomic E-state index is 0.232. The third-order valence-electron chi connectivity index (χ3n) is 3.12. The summed E-state index contributed by atoms with van der Waals surface area (Å²) >= 11 is 0. The molecule has 0 aliphatic carbocycles. The van der Waals surface area contributed by atoms with Gasteiger partial charge in [-0.05, 0) is 43.9 Å². The van der Waals surface area contributed by atoms with E-state index in [0.29, 0.717) is 0 Å². The minimum Gasteiger partial charge on any atom is -0.493 e. The van der Waals surface area contributed by atoms with Crippen molar-refractivity contribution in [1.82, 2.24) is 0 Å². The highest BCUT2D eigenvalue weighted by Gasteiger charge is 2.06. The Bertz CT molecular complexity index is 364. The number of hydrogen-bond donors (Lipinski definition) is 1. The number of rotatable bonds is 9. The van der Waals surface area contributed by atoms with Crippen LogP contribution in [0.1, 0.15) is 45.1 Å². The second-order valence-corrected chi connectivity index (χ2v) is 5.06. The highest BCUT2D eigenvalue weighted by atomic mass is 16.5. The Hall–Kier alpha value is -1.22. The van der Waals surface area contributed by atoms with Gasteiger partial charge in [0.25, 0.3) is 0 Å². The molecule has 0 bridgehead atoms. The van der Waals surface area contributed by atoms with Crippen LogP contribution >= 0.6 is 0 Å². The molecule has 0 saturated heterocycles. The summed E-state index contributed by atoms with van der Waals surface area (Å²) in [5.41, 5.74) is 7.02. The molecular weight excluding hydrogens is 238 g/mol. The maximum absolute atomic E-state index is 5.78. The lowest BCUT2D eigenvalue weighted by Gasteiger charge is -2.12. The van der Waals surface area contributed by atoms with Gasteiger partial charge in [0.2, 0.25) is 0 Å². The third-order valence-corrected chi connectivity index (χ3v) is 3.12. The predicted molar refractivity (Wildman–Crippen MR) is 80.0 cm³/mol. The molecule has 0 aliphatic rings. The summed E-state index contributed by atoms with van der Waals surface area (Å²) in [6.45, 7) is 4.97. The third kappa shape index (κ3) is 5.97. The summed E-state index contributed by atoms with van der Waals surface area (Å²) in [5.74, 6) is 1.65. The van der Waals surface area contributed by atoms with Gasteiger partial charge in [-0.15, -0.1) is 0 Å². The molecule has 0 fully saturated rings. The molecule has 0 aliphatic heterocycles. The first-order valence-corrected chi connectivity index (χ1v) is 7.22. The number of nitrogens with two attached hydrogens (primary N) is 1. The zero-order valence-electron chi connectivity index (χ0n) is 12.4. The largest absolute Gasteiger partial charge is 0.493 e. The Labute approximate surface area is 117 Å². The molecule has 108 valence electrons. The molecule has 1 aromatic carbocycles. The van der Waals surface area contributed by atoms with Crippen LogP contribution in [0, 0.1) is 0 Å². The van der Waals surface area contributed by atoms with Crippen LogP contribution in [-0.2, 0) is 6.42 Å². The summed E-state index contributed by atoms with van der Waals surface area (Å²) in [4.78, 5) is 0. The lowest BCUT2D eigenvalue weighted by Crippen LogP contribution is -2.15. The molecule has 1 atom stereocenters. The standard InChI is InChI=1S/C16H27NO2/c1-4-5-6-11-19-15-10-9-14(8-7-13(2)17)12-16(15)18-3/h9-10,12-13H,4-8,11,17H2,1-3H3. The Kier molecular flexibility index (Phi) is 7.34. The Morgan fingerprint density at radius 3 is 2.63 bits per heavy atom. The molecule has 3 nitrogen and oxygen atoms in total. The normalized spacial score (nSPS) is 12.2. The Balaban J connectivity index is 2.57. The van der Waals surface area contributed by atoms with Gasteiger partial charge in [-0.1, -0.05) is 25.8 Å². The van der Waals surface area contributed by atoms with Crippen LogP contribution in [0.15, 0.2) is 18.2 Å². The van der Waals surface area contributed by atoms with Crippen LogP contribution in [0.2, 0.25) is 0 Å². The van der Waals surface area contributed by atoms with E-state index in [1.807, 2.05) is 13.0 Å². The fraction of sp³-hybridized carbons (Fsp3) is 0.625. The highest BCUT2D eigenvalue weighted by Crippen LogP contribution is 2.28. The van der Waals surface area contributed by atoms with Gasteiger partial charge in [0.1, 0.15) is 0 Å². The van der Waals surface area contributed by atoms with E-state index < -0.39 is 0 Å². The van der Waals surface area contributed by atoms with E-state index in [1.54, 1.807) is 7.11 Å². The van der Waals surface area contributed by atoms with Crippen molar-refractivity contribution in [3.8, 4) is 11.5 Å². The zero-order valence-corrected chi connectivity index (χ0v) is 12.4. The smallest absolute Gasteiger partial charge is 0.161 e. The molecule has 0 heterocycles. The molecule has 0 saturated carbocycles. The van der Waals surface area contributed by atoms with Crippen molar-refractivity contribution in [2.24, 2.45) is 5.73 Å². The van der Waals surface area contributed by atoms with Crippen molar-refractivity contribution >= 4 is 0 Å². The van der Waals surface area contributed by atoms with E-state index in [-0.39, 0.29) is 6.04 Å². The maximum atomic E-state index is 5.78. The van der Waals surface area contributed by atoms with E-state index in [4.69, 9.17) is 15.2 Å². The first-order valence-electron chi connectivity index (χ1n) is 7.22. The van der Waals surface area contributed by atoms with Gasteiger partial charge < -0.3 is 15.2 Å². The van der Waals surface area contributed by atoms with Gasteiger partial charge in [0, 0.05) is 6.04 Å². The summed E-state index contributed by atoms with van der Waals surface area (Å²) in [6.07, 6.45) is 5.46. The molecule has 0 aromatic heterocycles. The molecular formula is C16H27NO2. The number of unbranched alkanes of at least 4 members (excludes halogenated alkanes) is 2. The van der Waals surface area contributed by atoms with Crippen molar-refractivity contribution in [3.05, 3.63) is 23.8 Å². The fourth-order valence-electron chi connectivity index (χ4n) is 1.92. The van der Waals surface area contributed by atoms with Gasteiger partial charge in [0.05, 0.1) is 13.7 Å². The highest BCUT2D eigenvalue weighted by molar-refractivity contribution is 5.43. The van der Waals surface area contributed by atoms with Gasteiger partial charge in [-0.3, -0.25) is 0 Å². The molecule has 1 rings (SSSR count). The van der Waals surface area contributed by atoms with Gasteiger partial charge >= 0.3 is 0 Å². The number of hydrogen-bond acceptors (Lipinski definition) is 3. The van der Waals surface area contributed by atoms with Crippen LogP contribution in [0.25, 0.3) is 0 Å². The first-order chi connectivity index (χ1) is 9.17. The van der Waals surface area contributed by atoms with E-state index in [9.17, 15) is 0 Å². The Morgan fingerprint density at radius 1 is 1.21 bits per heavy atom. The molecule has 1 aromatic rings. The van der Waals surface area contributed by atoms with Crippen molar-refractivity contribution in [3.63, 3.8) is 0 Å². The van der Waals surface area contributed by atoms with E-state index >= 15 is 0 Å². The van der Waals surface area contributed by atoms with E-state index in [2.05, 4.69) is 19.1 Å². The second kappa shape index (κ2) is 8.81. The van der Waals surface area contributed by atoms with Crippen molar-refractivity contribution in [2.75, 3.05) is 13.7 Å². The summed E-state index contributed by atoms with van der Waals surface area (Å²) in [5, 5.41) is 0. The number of benzene rings is 1. The molecule has 3 heteroatoms. The number of methoxy groups -OCH3 is 1. The molecule has 1 unspecified atom stereocenters. The summed E-state index contributed by atoms with van der Waals surface area (Å²) in [6, 6.07) is 6.38. The number of ether oxygens (including phenoxy) is 2. The van der Waals surface area contributed by atoms with Gasteiger partial charge in [-0.25, -0.2) is 0 Å². The predicted octanol–water partition coefficient (Wildman–Crippen LogP) is 3.54. The fourth-order valence-corrected chi connectivity index (χ4v) is 1.92. The van der Waals surface area contributed by atoms with Crippen LogP contribution in [-0.4, -0.2) is 19.8 Å².